The van der Waals surface area contributed by atoms with Crippen LogP contribution in [-0.4, -0.2) is 15.8 Å². The van der Waals surface area contributed by atoms with Gasteiger partial charge in [-0.05, 0) is 48.6 Å². The summed E-state index contributed by atoms with van der Waals surface area (Å²) >= 11 is 0. The number of hydrogen-bond donors (Lipinski definition) is 2. The van der Waals surface area contributed by atoms with Crippen LogP contribution in [0.3, 0.4) is 0 Å². The van der Waals surface area contributed by atoms with E-state index in [9.17, 15) is 18.0 Å². The Bertz CT molecular complexity index is 1190. The van der Waals surface area contributed by atoms with E-state index in [1.165, 1.54) is 12.1 Å². The van der Waals surface area contributed by atoms with Gasteiger partial charge in [0, 0.05) is 17.8 Å². The zero-order valence-corrected chi connectivity index (χ0v) is 18.0. The van der Waals surface area contributed by atoms with Gasteiger partial charge in [-0.3, -0.25) is 4.79 Å². The van der Waals surface area contributed by atoms with Crippen molar-refractivity contribution in [3.63, 3.8) is 0 Å². The normalized spacial score (nSPS) is 15.2. The summed E-state index contributed by atoms with van der Waals surface area (Å²) in [6.45, 7) is 5.91. The van der Waals surface area contributed by atoms with Crippen LogP contribution in [0.2, 0.25) is 0 Å². The van der Waals surface area contributed by atoms with E-state index in [1.54, 1.807) is 0 Å². The molecule has 5 nitrogen and oxygen atoms in total. The summed E-state index contributed by atoms with van der Waals surface area (Å²) in [5.41, 5.74) is 1.94. The van der Waals surface area contributed by atoms with Crippen LogP contribution < -0.4 is 10.6 Å². The Hall–Kier alpha value is -3.42. The van der Waals surface area contributed by atoms with Crippen molar-refractivity contribution < 1.29 is 18.0 Å². The SMILES string of the molecule is Cc1ccccc1Nc1nc(Nc2cccc(C(F)(F)F)c2)nc2c1C(=O)CC(C)(C)C2. The Labute approximate surface area is 184 Å². The number of nitrogens with zero attached hydrogens (tertiary/aromatic N) is 2. The van der Waals surface area contributed by atoms with E-state index in [0.717, 1.165) is 23.4 Å². The zero-order chi connectivity index (χ0) is 23.1. The maximum Gasteiger partial charge on any atom is 0.416 e. The molecule has 166 valence electrons. The van der Waals surface area contributed by atoms with Crippen molar-refractivity contribution in [3.05, 3.63) is 70.9 Å². The van der Waals surface area contributed by atoms with E-state index in [4.69, 9.17) is 0 Å². The van der Waals surface area contributed by atoms with Gasteiger partial charge < -0.3 is 10.6 Å². The second-order valence-electron chi connectivity index (χ2n) is 8.80. The van der Waals surface area contributed by atoms with Crippen molar-refractivity contribution in [1.82, 2.24) is 9.97 Å². The number of para-hydroxylation sites is 1. The molecule has 0 aliphatic heterocycles. The summed E-state index contributed by atoms with van der Waals surface area (Å²) in [4.78, 5) is 21.9. The van der Waals surface area contributed by atoms with Gasteiger partial charge in [0.1, 0.15) is 5.82 Å². The molecule has 4 rings (SSSR count). The van der Waals surface area contributed by atoms with E-state index < -0.39 is 11.7 Å². The van der Waals surface area contributed by atoms with Crippen LogP contribution in [-0.2, 0) is 12.6 Å². The van der Waals surface area contributed by atoms with Crippen LogP contribution >= 0.6 is 0 Å². The van der Waals surface area contributed by atoms with Crippen LogP contribution in [0, 0.1) is 12.3 Å². The molecule has 8 heteroatoms. The lowest BCUT2D eigenvalue weighted by atomic mass is 9.75. The number of rotatable bonds is 4. The van der Waals surface area contributed by atoms with Crippen LogP contribution in [0.15, 0.2) is 48.5 Å². The summed E-state index contributed by atoms with van der Waals surface area (Å²) in [5, 5.41) is 6.10. The predicted molar refractivity (Wildman–Crippen MR) is 118 cm³/mol. The molecule has 0 amide bonds. The Morgan fingerprint density at radius 3 is 2.44 bits per heavy atom. The number of nitrogens with one attached hydrogen (secondary N) is 2. The van der Waals surface area contributed by atoms with Crippen LogP contribution in [0.25, 0.3) is 0 Å². The third-order valence-corrected chi connectivity index (χ3v) is 5.39. The number of fused-ring (bicyclic) bond motifs is 1. The molecule has 0 saturated heterocycles. The van der Waals surface area contributed by atoms with E-state index in [-0.39, 0.29) is 22.8 Å². The highest BCUT2D eigenvalue weighted by Gasteiger charge is 2.35. The van der Waals surface area contributed by atoms with Gasteiger partial charge in [-0.1, -0.05) is 38.1 Å². The molecular formula is C24H23F3N4O. The van der Waals surface area contributed by atoms with Crippen LogP contribution in [0.1, 0.15) is 47.4 Å². The Morgan fingerprint density at radius 1 is 0.969 bits per heavy atom. The Kier molecular flexibility index (Phi) is 5.40. The number of ketones is 1. The molecule has 1 aliphatic rings. The summed E-state index contributed by atoms with van der Waals surface area (Å²) < 4.78 is 39.3. The lowest BCUT2D eigenvalue weighted by Crippen LogP contribution is -2.29. The third kappa shape index (κ3) is 4.59. The minimum absolute atomic E-state index is 0.0575. The lowest BCUT2D eigenvalue weighted by Gasteiger charge is -2.30. The van der Waals surface area contributed by atoms with Crippen LogP contribution in [0.4, 0.5) is 36.3 Å². The number of alkyl halides is 3. The smallest absolute Gasteiger partial charge is 0.339 e. The molecule has 32 heavy (non-hydrogen) atoms. The lowest BCUT2D eigenvalue weighted by molar-refractivity contribution is -0.137. The first-order valence-corrected chi connectivity index (χ1v) is 10.2. The highest BCUT2D eigenvalue weighted by Crippen LogP contribution is 2.38. The predicted octanol–water partition coefficient (Wildman–Crippen LogP) is 6.45. The van der Waals surface area contributed by atoms with Crippen LogP contribution in [0.5, 0.6) is 0 Å². The number of Topliss-reactive ketones (excluding diaryl/α,β-unsaturated/α-hetero) is 1. The summed E-state index contributed by atoms with van der Waals surface area (Å²) in [6, 6.07) is 12.4. The molecular weight excluding hydrogens is 417 g/mol. The highest BCUT2D eigenvalue weighted by molar-refractivity contribution is 6.03. The molecule has 0 saturated carbocycles. The monoisotopic (exact) mass is 440 g/mol. The molecule has 0 spiro atoms. The molecule has 2 aromatic carbocycles. The molecule has 3 aromatic rings. The van der Waals surface area contributed by atoms with E-state index in [2.05, 4.69) is 20.6 Å². The van der Waals surface area contributed by atoms with E-state index >= 15 is 0 Å². The van der Waals surface area contributed by atoms with Gasteiger partial charge in [0.25, 0.3) is 0 Å². The third-order valence-electron chi connectivity index (χ3n) is 5.39. The van der Waals surface area contributed by atoms with Gasteiger partial charge in [0.2, 0.25) is 5.95 Å². The minimum Gasteiger partial charge on any atom is -0.339 e. The fourth-order valence-electron chi connectivity index (χ4n) is 3.86. The maximum absolute atomic E-state index is 13.1. The van der Waals surface area contributed by atoms with Crippen molar-refractivity contribution in [1.29, 1.82) is 0 Å². The van der Waals surface area contributed by atoms with Crippen molar-refractivity contribution in [2.75, 3.05) is 10.6 Å². The quantitative estimate of drug-likeness (QED) is 0.488. The van der Waals surface area contributed by atoms with Crippen molar-refractivity contribution in [2.45, 2.75) is 39.8 Å². The van der Waals surface area contributed by atoms with E-state index in [1.807, 2.05) is 45.0 Å². The minimum atomic E-state index is -4.46. The standard InChI is InChI=1S/C24H23F3N4O/c1-14-7-4-5-10-17(14)29-21-20-18(12-23(2,3)13-19(20)32)30-22(31-21)28-16-9-6-8-15(11-16)24(25,26)27/h4-11H,12-13H2,1-3H3,(H2,28,29,30,31). The first kappa shape index (κ1) is 21.8. The van der Waals surface area contributed by atoms with Crippen molar-refractivity contribution in [3.8, 4) is 0 Å². The summed E-state index contributed by atoms with van der Waals surface area (Å²) in [7, 11) is 0. The zero-order valence-electron chi connectivity index (χ0n) is 18.0. The number of carbonyl (C=O) groups is 1. The molecule has 1 heterocycles. The largest absolute Gasteiger partial charge is 0.416 e. The molecule has 0 fully saturated rings. The first-order valence-electron chi connectivity index (χ1n) is 10.2. The highest BCUT2D eigenvalue weighted by atomic mass is 19.4. The number of benzene rings is 2. The second kappa shape index (κ2) is 7.93. The van der Waals surface area contributed by atoms with Crippen molar-refractivity contribution >= 4 is 28.9 Å². The molecule has 1 aromatic heterocycles. The van der Waals surface area contributed by atoms with Gasteiger partial charge in [-0.25, -0.2) is 4.98 Å². The van der Waals surface area contributed by atoms with Gasteiger partial charge in [-0.2, -0.15) is 18.2 Å². The number of aryl methyl sites for hydroxylation is 1. The number of anilines is 4. The Balaban J connectivity index is 1.77. The first-order chi connectivity index (χ1) is 15.0. The Morgan fingerprint density at radius 2 is 1.72 bits per heavy atom. The van der Waals surface area contributed by atoms with Crippen molar-refractivity contribution in [2.24, 2.45) is 5.41 Å². The average Bonchev–Trinajstić information content (AvgIpc) is 2.68. The van der Waals surface area contributed by atoms with Gasteiger partial charge >= 0.3 is 6.18 Å². The number of hydrogen-bond acceptors (Lipinski definition) is 5. The fourth-order valence-corrected chi connectivity index (χ4v) is 3.86. The fraction of sp³-hybridized carbons (Fsp3) is 0.292. The molecule has 1 aliphatic carbocycles. The molecule has 0 radical (unpaired) electrons. The molecule has 0 bridgehead atoms. The second-order valence-corrected chi connectivity index (χ2v) is 8.80. The molecule has 0 atom stereocenters. The van der Waals surface area contributed by atoms with Gasteiger partial charge in [-0.15, -0.1) is 0 Å². The van der Waals surface area contributed by atoms with E-state index in [0.29, 0.717) is 29.9 Å². The van der Waals surface area contributed by atoms with Gasteiger partial charge in [0.15, 0.2) is 5.78 Å². The summed E-state index contributed by atoms with van der Waals surface area (Å²) in [6.07, 6.45) is -3.54. The summed E-state index contributed by atoms with van der Waals surface area (Å²) in [5.74, 6) is 0.418. The number of carbonyl (C=O) groups excluding carboxylic acids is 1. The number of halogens is 3. The topological polar surface area (TPSA) is 66.9 Å². The number of aromatic nitrogens is 2. The average molecular weight is 440 g/mol. The molecule has 2 N–H and O–H groups in total. The molecule has 0 unspecified atom stereocenters. The van der Waals surface area contributed by atoms with Gasteiger partial charge in [0.05, 0.1) is 16.8 Å². The maximum atomic E-state index is 13.1.